The third-order valence-electron chi connectivity index (χ3n) is 6.80. The molecule has 5 heteroatoms. The fraction of sp³-hybridized carbons (Fsp3) is 0.276. The van der Waals surface area contributed by atoms with Crippen molar-refractivity contribution in [3.8, 4) is 17.1 Å². The van der Waals surface area contributed by atoms with Crippen molar-refractivity contribution < 1.29 is 0 Å². The molecule has 1 saturated carbocycles. The van der Waals surface area contributed by atoms with Crippen LogP contribution in [-0.4, -0.2) is 20.6 Å². The number of aromatic nitrogens is 3. The molecule has 1 fully saturated rings. The number of nitrogens with zero attached hydrogens (tertiary/aromatic N) is 4. The van der Waals surface area contributed by atoms with E-state index in [0.29, 0.717) is 6.04 Å². The Morgan fingerprint density at radius 3 is 2.53 bits per heavy atom. The summed E-state index contributed by atoms with van der Waals surface area (Å²) in [6, 6.07) is 17.6. The first kappa shape index (κ1) is 20.8. The Labute approximate surface area is 199 Å². The van der Waals surface area contributed by atoms with Gasteiger partial charge in [-0.25, -0.2) is 4.98 Å². The molecule has 0 radical (unpaired) electrons. The van der Waals surface area contributed by atoms with E-state index in [2.05, 4.69) is 76.4 Å². The quantitative estimate of drug-likeness (QED) is 0.500. The van der Waals surface area contributed by atoms with Crippen LogP contribution in [0.15, 0.2) is 59.7 Å². The molecule has 0 bridgehead atoms. The summed E-state index contributed by atoms with van der Waals surface area (Å²) in [5.74, 6) is 0. The molecule has 3 aliphatic carbocycles. The normalized spacial score (nSPS) is 15.9. The van der Waals surface area contributed by atoms with Gasteiger partial charge in [0, 0.05) is 11.4 Å². The van der Waals surface area contributed by atoms with Crippen LogP contribution >= 0.6 is 0 Å². The highest BCUT2D eigenvalue weighted by Gasteiger charge is 2.19. The average Bonchev–Trinajstić information content (AvgIpc) is 2.82. The number of hydrogen-bond donors (Lipinski definition) is 1. The van der Waals surface area contributed by atoms with Gasteiger partial charge in [0.25, 0.3) is 0 Å². The molecule has 170 valence electrons. The van der Waals surface area contributed by atoms with E-state index in [1.807, 2.05) is 19.2 Å². The lowest BCUT2D eigenvalue weighted by Gasteiger charge is -2.23. The van der Waals surface area contributed by atoms with Crippen LogP contribution in [0.25, 0.3) is 29.2 Å². The molecule has 1 aromatic heterocycles. The highest BCUT2D eigenvalue weighted by molar-refractivity contribution is 5.70. The van der Waals surface area contributed by atoms with E-state index in [1.165, 1.54) is 17.3 Å². The van der Waals surface area contributed by atoms with Crippen molar-refractivity contribution in [2.45, 2.75) is 52.0 Å². The zero-order chi connectivity index (χ0) is 23.1. The lowest BCUT2D eigenvalue weighted by atomic mass is 9.94. The average molecular weight is 448 g/mol. The molecule has 1 aliphatic heterocycles. The Morgan fingerprint density at radius 1 is 0.971 bits per heavy atom. The number of fused-ring (bicyclic) bond motifs is 2. The van der Waals surface area contributed by atoms with E-state index in [9.17, 15) is 0 Å². The van der Waals surface area contributed by atoms with Gasteiger partial charge < -0.3 is 9.88 Å². The fourth-order valence-corrected chi connectivity index (χ4v) is 4.64. The van der Waals surface area contributed by atoms with Gasteiger partial charge in [-0.3, -0.25) is 9.98 Å². The molecule has 0 saturated heterocycles. The number of nitrogens with one attached hydrogen (secondary N) is 1. The predicted octanol–water partition coefficient (Wildman–Crippen LogP) is 4.54. The van der Waals surface area contributed by atoms with Gasteiger partial charge in [0.1, 0.15) is 0 Å². The third kappa shape index (κ3) is 3.92. The number of rotatable bonds is 4. The summed E-state index contributed by atoms with van der Waals surface area (Å²) in [5, 5.41) is 6.77. The second-order valence-corrected chi connectivity index (χ2v) is 9.42. The van der Waals surface area contributed by atoms with E-state index >= 15 is 0 Å². The molecule has 1 N–H and O–H groups in total. The maximum atomic E-state index is 5.15. The zero-order valence-corrected chi connectivity index (χ0v) is 19.8. The van der Waals surface area contributed by atoms with E-state index in [1.54, 1.807) is 0 Å². The van der Waals surface area contributed by atoms with Crippen LogP contribution in [0, 0.1) is 13.8 Å². The molecular formula is C29H29N5. The standard InChI is InChI=1S/C29H29N5/c1-19-10-14-23(15-11-19)34-28-9-4-3-8-24(28)33-27-16-25(32-22-13-12-20(2)30-18-22)26(17-29(27)34)31-21-6-5-7-21/h8-18,21,32H,3-7H2,1-2H3. The molecule has 1 aromatic carbocycles. The van der Waals surface area contributed by atoms with Crippen LogP contribution in [0.4, 0.5) is 11.4 Å². The van der Waals surface area contributed by atoms with Gasteiger partial charge >= 0.3 is 0 Å². The second kappa shape index (κ2) is 8.56. The molecule has 2 heterocycles. The molecule has 34 heavy (non-hydrogen) atoms. The Morgan fingerprint density at radius 2 is 1.79 bits per heavy atom. The fourth-order valence-electron chi connectivity index (χ4n) is 4.64. The van der Waals surface area contributed by atoms with Gasteiger partial charge in [0.2, 0.25) is 0 Å². The predicted molar refractivity (Wildman–Crippen MR) is 138 cm³/mol. The summed E-state index contributed by atoms with van der Waals surface area (Å²) in [6.07, 6.45) is 12.1. The minimum absolute atomic E-state index is 0.396. The van der Waals surface area contributed by atoms with Gasteiger partial charge in [0.05, 0.1) is 51.1 Å². The Bertz CT molecular complexity index is 1510. The number of pyridine rings is 1. The van der Waals surface area contributed by atoms with Crippen LogP contribution in [0.1, 0.15) is 43.4 Å². The van der Waals surface area contributed by atoms with Crippen molar-refractivity contribution in [2.75, 3.05) is 5.32 Å². The Kier molecular flexibility index (Phi) is 5.25. The lowest BCUT2D eigenvalue weighted by Crippen LogP contribution is -2.40. The summed E-state index contributed by atoms with van der Waals surface area (Å²) in [7, 11) is 0. The van der Waals surface area contributed by atoms with E-state index in [-0.39, 0.29) is 0 Å². The topological polar surface area (TPSA) is 55.1 Å². The van der Waals surface area contributed by atoms with Crippen molar-refractivity contribution in [3.63, 3.8) is 0 Å². The first-order valence-electron chi connectivity index (χ1n) is 12.2. The van der Waals surface area contributed by atoms with Crippen LogP contribution in [0.2, 0.25) is 0 Å². The molecule has 5 nitrogen and oxygen atoms in total. The van der Waals surface area contributed by atoms with E-state index in [0.717, 1.165) is 70.5 Å². The van der Waals surface area contributed by atoms with Gasteiger partial charge in [-0.15, -0.1) is 0 Å². The smallest absolute Gasteiger partial charge is 0.0900 e. The maximum Gasteiger partial charge on any atom is 0.0900 e. The van der Waals surface area contributed by atoms with Crippen LogP contribution in [0.3, 0.4) is 0 Å². The highest BCUT2D eigenvalue weighted by atomic mass is 15.0. The molecule has 0 amide bonds. The molecule has 0 atom stereocenters. The maximum absolute atomic E-state index is 5.15. The van der Waals surface area contributed by atoms with Crippen molar-refractivity contribution in [1.29, 1.82) is 0 Å². The zero-order valence-electron chi connectivity index (χ0n) is 19.8. The summed E-state index contributed by atoms with van der Waals surface area (Å²) < 4.78 is 2.35. The number of hydrogen-bond acceptors (Lipinski definition) is 4. The first-order chi connectivity index (χ1) is 16.6. The van der Waals surface area contributed by atoms with Gasteiger partial charge in [-0.1, -0.05) is 29.8 Å². The number of anilines is 2. The largest absolute Gasteiger partial charge is 0.352 e. The molecule has 0 spiro atoms. The van der Waals surface area contributed by atoms with Crippen LogP contribution in [-0.2, 0) is 0 Å². The highest BCUT2D eigenvalue weighted by Crippen LogP contribution is 2.26. The summed E-state index contributed by atoms with van der Waals surface area (Å²) in [4.78, 5) is 14.7. The number of benzene rings is 2. The number of aryl methyl sites for hydroxylation is 2. The Balaban J connectivity index is 1.62. The monoisotopic (exact) mass is 447 g/mol. The molecule has 6 rings (SSSR count). The summed E-state index contributed by atoms with van der Waals surface area (Å²) in [6.45, 7) is 4.13. The molecular weight excluding hydrogens is 418 g/mol. The van der Waals surface area contributed by atoms with Crippen LogP contribution < -0.4 is 21.4 Å². The first-order valence-corrected chi connectivity index (χ1v) is 12.2. The Hall–Kier alpha value is -3.73. The summed E-state index contributed by atoms with van der Waals surface area (Å²) in [5.41, 5.74) is 7.39. The summed E-state index contributed by atoms with van der Waals surface area (Å²) >= 11 is 0. The van der Waals surface area contributed by atoms with Crippen molar-refractivity contribution in [2.24, 2.45) is 4.99 Å². The second-order valence-electron chi connectivity index (χ2n) is 9.42. The van der Waals surface area contributed by atoms with E-state index in [4.69, 9.17) is 9.98 Å². The lowest BCUT2D eigenvalue weighted by molar-refractivity contribution is 0.413. The molecule has 4 aliphatic rings. The van der Waals surface area contributed by atoms with Crippen molar-refractivity contribution in [3.05, 3.63) is 82.0 Å². The molecule has 0 unspecified atom stereocenters. The van der Waals surface area contributed by atoms with Gasteiger partial charge in [0.15, 0.2) is 0 Å². The van der Waals surface area contributed by atoms with Crippen molar-refractivity contribution >= 4 is 23.5 Å². The van der Waals surface area contributed by atoms with Crippen LogP contribution in [0.5, 0.6) is 0 Å². The van der Waals surface area contributed by atoms with Gasteiger partial charge in [-0.2, -0.15) is 0 Å². The minimum atomic E-state index is 0.396. The minimum Gasteiger partial charge on any atom is -0.352 e. The van der Waals surface area contributed by atoms with E-state index < -0.39 is 0 Å². The SMILES string of the molecule is Cc1ccc(-n2c3cc(=NC4CCC4)c(Nc4ccc(C)nc4)cc-3nc3c2=CCCC=3)cc1. The third-order valence-corrected chi connectivity index (χ3v) is 6.80. The van der Waals surface area contributed by atoms with Crippen molar-refractivity contribution in [1.82, 2.24) is 14.5 Å². The molecule has 2 aromatic rings. The van der Waals surface area contributed by atoms with Gasteiger partial charge in [-0.05, 0) is 82.3 Å².